The molecular formula is C28H31N3O2S2. The van der Waals surface area contributed by atoms with Gasteiger partial charge in [-0.2, -0.15) is 5.10 Å². The van der Waals surface area contributed by atoms with Crippen LogP contribution in [0.15, 0.2) is 65.7 Å². The monoisotopic (exact) mass is 505 g/mol. The second-order valence-electron chi connectivity index (χ2n) is 8.48. The Bertz CT molecular complexity index is 1190. The second-order valence-corrected chi connectivity index (χ2v) is 10.2. The molecule has 1 aromatic heterocycles. The Labute approximate surface area is 217 Å². The highest BCUT2D eigenvalue weighted by Gasteiger charge is 2.32. The zero-order valence-electron chi connectivity index (χ0n) is 20.3. The highest BCUT2D eigenvalue weighted by atomic mass is 32.2. The van der Waals surface area contributed by atoms with Gasteiger partial charge in [-0.25, -0.2) is 4.68 Å². The molecular weight excluding hydrogens is 474 g/mol. The van der Waals surface area contributed by atoms with Gasteiger partial charge in [0.05, 0.1) is 22.9 Å². The minimum Gasteiger partial charge on any atom is -0.494 e. The number of thioether (sulfide) groups is 1. The molecule has 1 saturated heterocycles. The quantitative estimate of drug-likeness (QED) is 0.158. The number of hydrogen-bond acceptors (Lipinski definition) is 5. The number of carbonyl (C=O) groups excluding carboxylic acids is 1. The van der Waals surface area contributed by atoms with E-state index >= 15 is 0 Å². The molecule has 1 aliphatic rings. The van der Waals surface area contributed by atoms with Crippen LogP contribution in [-0.4, -0.2) is 38.1 Å². The summed E-state index contributed by atoms with van der Waals surface area (Å²) in [6.45, 7) is 5.69. The van der Waals surface area contributed by atoms with Crippen LogP contribution in [0.1, 0.15) is 51.5 Å². The van der Waals surface area contributed by atoms with Gasteiger partial charge in [0.2, 0.25) is 0 Å². The van der Waals surface area contributed by atoms with Gasteiger partial charge in [0, 0.05) is 23.9 Å². The van der Waals surface area contributed by atoms with Crippen LogP contribution < -0.4 is 4.74 Å². The minimum atomic E-state index is -0.0193. The van der Waals surface area contributed by atoms with E-state index in [1.165, 1.54) is 11.8 Å². The number of amides is 1. The Balaban J connectivity index is 1.65. The number of benzene rings is 2. The molecule has 182 valence electrons. The average Bonchev–Trinajstić information content (AvgIpc) is 3.41. The number of hydrogen-bond donors (Lipinski definition) is 0. The number of ether oxygens (including phenoxy) is 1. The van der Waals surface area contributed by atoms with Gasteiger partial charge in [0.25, 0.3) is 5.91 Å². The SMILES string of the molecule is CCCCCN1C(=O)C(=Cc2cn(-c3ccccc3)nc2-c2ccc(OCCCC)cc2)SC1=S. The van der Waals surface area contributed by atoms with Crippen molar-refractivity contribution >= 4 is 40.3 Å². The van der Waals surface area contributed by atoms with E-state index in [4.69, 9.17) is 22.1 Å². The van der Waals surface area contributed by atoms with Gasteiger partial charge in [-0.15, -0.1) is 0 Å². The third-order valence-electron chi connectivity index (χ3n) is 5.80. The van der Waals surface area contributed by atoms with Crippen LogP contribution in [0.5, 0.6) is 5.75 Å². The van der Waals surface area contributed by atoms with Gasteiger partial charge in [-0.3, -0.25) is 9.69 Å². The molecule has 2 heterocycles. The van der Waals surface area contributed by atoms with Crippen molar-refractivity contribution in [2.24, 2.45) is 0 Å². The molecule has 2 aromatic carbocycles. The van der Waals surface area contributed by atoms with Crippen molar-refractivity contribution in [3.63, 3.8) is 0 Å². The topological polar surface area (TPSA) is 47.4 Å². The van der Waals surface area contributed by atoms with Crippen molar-refractivity contribution in [2.75, 3.05) is 13.2 Å². The number of unbranched alkanes of at least 4 members (excludes halogenated alkanes) is 3. The molecule has 1 amide bonds. The maximum absolute atomic E-state index is 13.1. The standard InChI is InChI=1S/C28H31N3O2S2/c1-3-5-10-17-30-27(32)25(35-28(30)34)19-22-20-31(23-11-8-7-9-12-23)29-26(22)21-13-15-24(16-14-21)33-18-6-4-2/h7-9,11-16,19-20H,3-6,10,17-18H2,1-2H3. The molecule has 0 bridgehead atoms. The fourth-order valence-corrected chi connectivity index (χ4v) is 5.13. The molecule has 0 saturated carbocycles. The minimum absolute atomic E-state index is 0.0193. The van der Waals surface area contributed by atoms with Gasteiger partial charge in [0.1, 0.15) is 10.1 Å². The summed E-state index contributed by atoms with van der Waals surface area (Å²) in [5, 5.41) is 4.89. The van der Waals surface area contributed by atoms with Crippen molar-refractivity contribution in [3.8, 4) is 22.7 Å². The maximum atomic E-state index is 13.1. The fourth-order valence-electron chi connectivity index (χ4n) is 3.83. The first-order chi connectivity index (χ1) is 17.1. The van der Waals surface area contributed by atoms with Crippen molar-refractivity contribution in [1.82, 2.24) is 14.7 Å². The van der Waals surface area contributed by atoms with Gasteiger partial charge in [-0.1, -0.05) is 75.3 Å². The van der Waals surface area contributed by atoms with Gasteiger partial charge < -0.3 is 4.74 Å². The molecule has 4 rings (SSSR count). The molecule has 1 aliphatic heterocycles. The molecule has 0 N–H and O–H groups in total. The van der Waals surface area contributed by atoms with Crippen molar-refractivity contribution < 1.29 is 9.53 Å². The summed E-state index contributed by atoms with van der Waals surface area (Å²) >= 11 is 6.89. The van der Waals surface area contributed by atoms with Crippen molar-refractivity contribution in [1.29, 1.82) is 0 Å². The predicted octanol–water partition coefficient (Wildman–Crippen LogP) is 7.11. The summed E-state index contributed by atoms with van der Waals surface area (Å²) in [6.07, 6.45) is 9.18. The van der Waals surface area contributed by atoms with Crippen LogP contribution in [0.3, 0.4) is 0 Å². The number of nitrogens with zero attached hydrogens (tertiary/aromatic N) is 3. The molecule has 0 radical (unpaired) electrons. The lowest BCUT2D eigenvalue weighted by molar-refractivity contribution is -0.122. The fraction of sp³-hybridized carbons (Fsp3) is 0.321. The molecule has 5 nitrogen and oxygen atoms in total. The van der Waals surface area contributed by atoms with Crippen LogP contribution in [0.4, 0.5) is 0 Å². The lowest BCUT2D eigenvalue weighted by Gasteiger charge is -2.13. The molecule has 7 heteroatoms. The highest BCUT2D eigenvalue weighted by Crippen LogP contribution is 2.35. The first kappa shape index (κ1) is 25.2. The Morgan fingerprint density at radius 2 is 1.74 bits per heavy atom. The summed E-state index contributed by atoms with van der Waals surface area (Å²) < 4.78 is 8.31. The van der Waals surface area contributed by atoms with Gasteiger partial charge >= 0.3 is 0 Å². The number of carbonyl (C=O) groups is 1. The zero-order chi connectivity index (χ0) is 24.6. The van der Waals surface area contributed by atoms with E-state index < -0.39 is 0 Å². The van der Waals surface area contributed by atoms with E-state index in [9.17, 15) is 4.79 Å². The smallest absolute Gasteiger partial charge is 0.266 e. The van der Waals surface area contributed by atoms with Crippen molar-refractivity contribution in [3.05, 3.63) is 71.3 Å². The number of para-hydroxylation sites is 1. The van der Waals surface area contributed by atoms with Crippen LogP contribution in [0, 0.1) is 0 Å². The number of aromatic nitrogens is 2. The molecule has 0 spiro atoms. The van der Waals surface area contributed by atoms with Crippen LogP contribution in [-0.2, 0) is 4.79 Å². The van der Waals surface area contributed by atoms with E-state index in [1.807, 2.05) is 71.6 Å². The molecule has 3 aromatic rings. The molecule has 35 heavy (non-hydrogen) atoms. The van der Waals surface area contributed by atoms with Crippen LogP contribution in [0.25, 0.3) is 23.0 Å². The summed E-state index contributed by atoms with van der Waals surface area (Å²) in [5.41, 5.74) is 3.61. The maximum Gasteiger partial charge on any atom is 0.266 e. The summed E-state index contributed by atoms with van der Waals surface area (Å²) in [6, 6.07) is 18.0. The van der Waals surface area contributed by atoms with Gasteiger partial charge in [0.15, 0.2) is 0 Å². The third kappa shape index (κ3) is 6.21. The summed E-state index contributed by atoms with van der Waals surface area (Å²) in [4.78, 5) is 15.5. The van der Waals surface area contributed by atoms with Crippen molar-refractivity contribution in [2.45, 2.75) is 46.0 Å². The van der Waals surface area contributed by atoms with Gasteiger partial charge in [-0.05, 0) is 55.3 Å². The average molecular weight is 506 g/mol. The number of rotatable bonds is 11. The lowest BCUT2D eigenvalue weighted by atomic mass is 10.1. The molecule has 1 fully saturated rings. The molecule has 0 unspecified atom stereocenters. The van der Waals surface area contributed by atoms with E-state index in [-0.39, 0.29) is 5.91 Å². The van der Waals surface area contributed by atoms with E-state index in [2.05, 4.69) is 13.8 Å². The first-order valence-corrected chi connectivity index (χ1v) is 13.5. The normalized spacial score (nSPS) is 14.8. The molecule has 0 atom stereocenters. The van der Waals surface area contributed by atoms with E-state index in [1.54, 1.807) is 4.90 Å². The summed E-state index contributed by atoms with van der Waals surface area (Å²) in [5.74, 6) is 0.827. The van der Waals surface area contributed by atoms with Crippen LogP contribution >= 0.6 is 24.0 Å². The third-order valence-corrected chi connectivity index (χ3v) is 7.18. The highest BCUT2D eigenvalue weighted by molar-refractivity contribution is 8.26. The Hall–Kier alpha value is -2.90. The number of thiocarbonyl (C=S) groups is 1. The van der Waals surface area contributed by atoms with E-state index in [0.717, 1.165) is 60.4 Å². The Morgan fingerprint density at radius 1 is 1.00 bits per heavy atom. The lowest BCUT2D eigenvalue weighted by Crippen LogP contribution is -2.28. The largest absolute Gasteiger partial charge is 0.494 e. The second kappa shape index (κ2) is 12.2. The summed E-state index contributed by atoms with van der Waals surface area (Å²) in [7, 11) is 0. The van der Waals surface area contributed by atoms with Crippen LogP contribution in [0.2, 0.25) is 0 Å². The predicted molar refractivity (Wildman–Crippen MR) is 149 cm³/mol. The zero-order valence-corrected chi connectivity index (χ0v) is 21.9. The Morgan fingerprint density at radius 3 is 2.46 bits per heavy atom. The van der Waals surface area contributed by atoms with E-state index in [0.29, 0.717) is 22.4 Å². The first-order valence-electron chi connectivity index (χ1n) is 12.2. The Kier molecular flexibility index (Phi) is 8.77. The molecule has 0 aliphatic carbocycles.